The molecule has 2 rings (SSSR count). The van der Waals surface area contributed by atoms with Crippen LogP contribution in [0.3, 0.4) is 0 Å². The molecule has 0 bridgehead atoms. The predicted octanol–water partition coefficient (Wildman–Crippen LogP) is 0.220. The predicted molar refractivity (Wildman–Crippen MR) is 57.3 cm³/mol. The maximum absolute atomic E-state index is 12.1. The van der Waals surface area contributed by atoms with Crippen molar-refractivity contribution in [1.82, 2.24) is 4.90 Å². The van der Waals surface area contributed by atoms with Gasteiger partial charge in [-0.05, 0) is 19.3 Å². The fraction of sp³-hybridized carbons (Fsp3) is 0.909. The largest absolute Gasteiger partial charge is 0.384 e. The normalized spacial score (nSPS) is 28.1. The molecular formula is C11H20N2O2. The molecule has 2 aliphatic rings. The molecule has 1 aliphatic carbocycles. The van der Waals surface area contributed by atoms with Crippen molar-refractivity contribution in [1.29, 1.82) is 0 Å². The first kappa shape index (κ1) is 10.9. The van der Waals surface area contributed by atoms with Gasteiger partial charge in [0.05, 0.1) is 12.0 Å². The fourth-order valence-corrected chi connectivity index (χ4v) is 2.38. The summed E-state index contributed by atoms with van der Waals surface area (Å²) < 4.78 is 5.12. The van der Waals surface area contributed by atoms with Crippen LogP contribution in [0, 0.1) is 11.3 Å². The van der Waals surface area contributed by atoms with E-state index in [1.54, 1.807) is 7.11 Å². The molecule has 15 heavy (non-hydrogen) atoms. The van der Waals surface area contributed by atoms with Crippen LogP contribution in [-0.2, 0) is 9.53 Å². The van der Waals surface area contributed by atoms with Crippen molar-refractivity contribution >= 4 is 5.91 Å². The first-order valence-corrected chi connectivity index (χ1v) is 5.70. The lowest BCUT2D eigenvalue weighted by Crippen LogP contribution is -2.39. The molecule has 1 unspecified atom stereocenters. The highest BCUT2D eigenvalue weighted by molar-refractivity contribution is 5.85. The maximum Gasteiger partial charge on any atom is 0.230 e. The Morgan fingerprint density at radius 1 is 1.60 bits per heavy atom. The number of amides is 1. The van der Waals surface area contributed by atoms with Gasteiger partial charge in [-0.2, -0.15) is 0 Å². The molecule has 86 valence electrons. The van der Waals surface area contributed by atoms with E-state index in [1.165, 1.54) is 0 Å². The summed E-state index contributed by atoms with van der Waals surface area (Å²) in [4.78, 5) is 14.1. The minimum Gasteiger partial charge on any atom is -0.384 e. The van der Waals surface area contributed by atoms with Crippen molar-refractivity contribution in [3.05, 3.63) is 0 Å². The number of ether oxygens (including phenoxy) is 1. The van der Waals surface area contributed by atoms with Crippen LogP contribution in [0.4, 0.5) is 0 Å². The first-order valence-electron chi connectivity index (χ1n) is 5.70. The highest BCUT2D eigenvalue weighted by atomic mass is 16.5. The van der Waals surface area contributed by atoms with Gasteiger partial charge in [-0.15, -0.1) is 0 Å². The Morgan fingerprint density at radius 2 is 2.33 bits per heavy atom. The van der Waals surface area contributed by atoms with Crippen LogP contribution in [0.25, 0.3) is 0 Å². The molecule has 1 heterocycles. The summed E-state index contributed by atoms with van der Waals surface area (Å²) in [7, 11) is 1.72. The number of methoxy groups -OCH3 is 1. The molecule has 2 N–H and O–H groups in total. The van der Waals surface area contributed by atoms with Crippen LogP contribution in [0.1, 0.15) is 19.3 Å². The smallest absolute Gasteiger partial charge is 0.230 e. The molecule has 0 aromatic carbocycles. The second-order valence-electron chi connectivity index (χ2n) is 4.85. The third kappa shape index (κ3) is 2.01. The van der Waals surface area contributed by atoms with E-state index in [2.05, 4.69) is 0 Å². The summed E-state index contributed by atoms with van der Waals surface area (Å²) in [6, 6.07) is 0. The van der Waals surface area contributed by atoms with E-state index in [1.807, 2.05) is 4.90 Å². The van der Waals surface area contributed by atoms with Crippen LogP contribution < -0.4 is 5.73 Å². The molecule has 1 atom stereocenters. The lowest BCUT2D eigenvalue weighted by molar-refractivity contribution is -0.135. The number of nitrogens with zero attached hydrogens (tertiary/aromatic N) is 1. The quantitative estimate of drug-likeness (QED) is 0.725. The van der Waals surface area contributed by atoms with Crippen molar-refractivity contribution in [2.24, 2.45) is 17.1 Å². The van der Waals surface area contributed by atoms with Gasteiger partial charge in [-0.1, -0.05) is 0 Å². The zero-order valence-corrected chi connectivity index (χ0v) is 9.37. The average molecular weight is 212 g/mol. The van der Waals surface area contributed by atoms with E-state index in [0.29, 0.717) is 12.5 Å². The number of likely N-dealkylation sites (tertiary alicyclic amines) is 1. The average Bonchev–Trinajstić information content (AvgIpc) is 2.92. The topological polar surface area (TPSA) is 55.6 Å². The lowest BCUT2D eigenvalue weighted by Gasteiger charge is -2.22. The third-order valence-corrected chi connectivity index (χ3v) is 3.67. The molecule has 1 saturated heterocycles. The molecule has 4 nitrogen and oxygen atoms in total. The monoisotopic (exact) mass is 212 g/mol. The van der Waals surface area contributed by atoms with Gasteiger partial charge in [-0.3, -0.25) is 4.79 Å². The highest BCUT2D eigenvalue weighted by Gasteiger charge is 2.51. The SMILES string of the molecule is COCC1CCN(C(=O)C2(CN)CC2)C1. The van der Waals surface area contributed by atoms with Gasteiger partial charge in [-0.25, -0.2) is 0 Å². The Labute approximate surface area is 90.8 Å². The number of rotatable bonds is 4. The molecule has 1 saturated carbocycles. The highest BCUT2D eigenvalue weighted by Crippen LogP contribution is 2.46. The summed E-state index contributed by atoms with van der Waals surface area (Å²) in [5.74, 6) is 0.802. The second-order valence-corrected chi connectivity index (χ2v) is 4.85. The molecule has 0 aromatic heterocycles. The molecule has 0 radical (unpaired) electrons. The lowest BCUT2D eigenvalue weighted by atomic mass is 10.1. The first-order chi connectivity index (χ1) is 7.22. The molecule has 1 aliphatic heterocycles. The summed E-state index contributed by atoms with van der Waals surface area (Å²) in [6.45, 7) is 3.01. The van der Waals surface area contributed by atoms with Crippen molar-refractivity contribution in [2.45, 2.75) is 19.3 Å². The Hall–Kier alpha value is -0.610. The van der Waals surface area contributed by atoms with Gasteiger partial charge in [0.25, 0.3) is 0 Å². The van der Waals surface area contributed by atoms with E-state index in [9.17, 15) is 4.79 Å². The van der Waals surface area contributed by atoms with E-state index in [0.717, 1.165) is 39.0 Å². The van der Waals surface area contributed by atoms with Gasteiger partial charge in [0.1, 0.15) is 0 Å². The summed E-state index contributed by atoms with van der Waals surface area (Å²) in [5, 5.41) is 0. The van der Waals surface area contributed by atoms with Crippen molar-refractivity contribution in [3.63, 3.8) is 0 Å². The van der Waals surface area contributed by atoms with E-state index >= 15 is 0 Å². The van der Waals surface area contributed by atoms with Crippen LogP contribution >= 0.6 is 0 Å². The molecule has 4 heteroatoms. The zero-order valence-electron chi connectivity index (χ0n) is 9.37. The van der Waals surface area contributed by atoms with Crippen molar-refractivity contribution < 1.29 is 9.53 Å². The minimum atomic E-state index is -0.179. The van der Waals surface area contributed by atoms with E-state index in [4.69, 9.17) is 10.5 Å². The maximum atomic E-state index is 12.1. The van der Waals surface area contributed by atoms with Crippen LogP contribution in [0.15, 0.2) is 0 Å². The van der Waals surface area contributed by atoms with Crippen LogP contribution in [-0.4, -0.2) is 44.2 Å². The van der Waals surface area contributed by atoms with Crippen LogP contribution in [0.5, 0.6) is 0 Å². The zero-order chi connectivity index (χ0) is 10.9. The third-order valence-electron chi connectivity index (χ3n) is 3.67. The Balaban J connectivity index is 1.88. The number of nitrogens with two attached hydrogens (primary N) is 1. The fourth-order valence-electron chi connectivity index (χ4n) is 2.38. The molecule has 2 fully saturated rings. The number of hydrogen-bond acceptors (Lipinski definition) is 3. The Bertz CT molecular complexity index is 251. The number of carbonyl (C=O) groups is 1. The Morgan fingerprint density at radius 3 is 2.87 bits per heavy atom. The second kappa shape index (κ2) is 4.10. The molecule has 1 amide bonds. The van der Waals surface area contributed by atoms with E-state index in [-0.39, 0.29) is 11.3 Å². The summed E-state index contributed by atoms with van der Waals surface area (Å²) >= 11 is 0. The standard InChI is InChI=1S/C11H20N2O2/c1-15-7-9-2-5-13(6-9)10(14)11(8-12)3-4-11/h9H,2-8,12H2,1H3. The molecule has 0 aromatic rings. The number of hydrogen-bond donors (Lipinski definition) is 1. The van der Waals surface area contributed by atoms with E-state index < -0.39 is 0 Å². The molecule has 0 spiro atoms. The van der Waals surface area contributed by atoms with Gasteiger partial charge < -0.3 is 15.4 Å². The van der Waals surface area contributed by atoms with Gasteiger partial charge in [0.2, 0.25) is 5.91 Å². The number of carbonyl (C=O) groups excluding carboxylic acids is 1. The summed E-state index contributed by atoms with van der Waals surface area (Å²) in [5.41, 5.74) is 5.48. The van der Waals surface area contributed by atoms with Gasteiger partial charge in [0.15, 0.2) is 0 Å². The van der Waals surface area contributed by atoms with Crippen LogP contribution in [0.2, 0.25) is 0 Å². The van der Waals surface area contributed by atoms with Crippen molar-refractivity contribution in [2.75, 3.05) is 33.4 Å². The minimum absolute atomic E-state index is 0.179. The van der Waals surface area contributed by atoms with Crippen molar-refractivity contribution in [3.8, 4) is 0 Å². The van der Waals surface area contributed by atoms with Gasteiger partial charge in [0, 0.05) is 32.7 Å². The Kier molecular flexibility index (Phi) is 2.98. The van der Waals surface area contributed by atoms with Gasteiger partial charge >= 0.3 is 0 Å². The summed E-state index contributed by atoms with van der Waals surface area (Å²) in [6.07, 6.45) is 3.03. The molecular weight excluding hydrogens is 192 g/mol.